The lowest BCUT2D eigenvalue weighted by Gasteiger charge is -2.05. The van der Waals surface area contributed by atoms with Crippen LogP contribution in [0.25, 0.3) is 5.69 Å². The van der Waals surface area contributed by atoms with Gasteiger partial charge < -0.3 is 5.73 Å². The van der Waals surface area contributed by atoms with Crippen molar-refractivity contribution in [2.24, 2.45) is 5.73 Å². The van der Waals surface area contributed by atoms with Gasteiger partial charge in [0.1, 0.15) is 0 Å². The quantitative estimate of drug-likeness (QED) is 0.903. The molecule has 102 valence electrons. The van der Waals surface area contributed by atoms with Crippen LogP contribution in [0.3, 0.4) is 0 Å². The fourth-order valence-corrected chi connectivity index (χ4v) is 2.38. The molecule has 1 aromatic carbocycles. The molecule has 3 N–H and O–H groups in total. The van der Waals surface area contributed by atoms with Crippen LogP contribution in [0.1, 0.15) is 31.0 Å². The summed E-state index contributed by atoms with van der Waals surface area (Å²) in [5.74, 6) is 0.234. The van der Waals surface area contributed by atoms with E-state index < -0.39 is 0 Å². The summed E-state index contributed by atoms with van der Waals surface area (Å²) in [4.78, 5) is 12.5. The lowest BCUT2D eigenvalue weighted by molar-refractivity contribution is 0.756. The maximum absolute atomic E-state index is 12.5. The van der Waals surface area contributed by atoms with Crippen molar-refractivity contribution in [3.05, 3.63) is 50.9 Å². The molecule has 0 amide bonds. The third-order valence-electron chi connectivity index (χ3n) is 3.08. The van der Waals surface area contributed by atoms with Crippen molar-refractivity contribution in [2.75, 3.05) is 6.54 Å². The standard InChI is InChI=1S/C14H18ClN3O/c1-9(2)13-10(7-8-16)14(19)18(17-13)12-6-4-3-5-11(12)15/h3-6,9,17H,7-8,16H2,1-2H3. The molecular formula is C14H18ClN3O. The molecule has 5 heteroatoms. The zero-order chi connectivity index (χ0) is 14.0. The minimum Gasteiger partial charge on any atom is -0.330 e. The van der Waals surface area contributed by atoms with Gasteiger partial charge in [-0.3, -0.25) is 9.89 Å². The maximum atomic E-state index is 12.5. The first-order valence-corrected chi connectivity index (χ1v) is 6.72. The van der Waals surface area contributed by atoms with Crippen LogP contribution in [-0.4, -0.2) is 16.3 Å². The Balaban J connectivity index is 2.63. The van der Waals surface area contributed by atoms with Gasteiger partial charge in [-0.25, -0.2) is 4.68 Å². The Bertz CT molecular complexity index is 628. The Labute approximate surface area is 117 Å². The Kier molecular flexibility index (Phi) is 4.12. The number of hydrogen-bond donors (Lipinski definition) is 2. The number of H-pyrrole nitrogens is 1. The average Bonchev–Trinajstić information content (AvgIpc) is 2.69. The topological polar surface area (TPSA) is 63.8 Å². The molecule has 0 radical (unpaired) electrons. The Morgan fingerprint density at radius 1 is 1.37 bits per heavy atom. The first kappa shape index (κ1) is 13.9. The van der Waals surface area contributed by atoms with Gasteiger partial charge in [-0.15, -0.1) is 0 Å². The first-order chi connectivity index (χ1) is 9.06. The highest BCUT2D eigenvalue weighted by Crippen LogP contribution is 2.21. The molecule has 0 saturated carbocycles. The van der Waals surface area contributed by atoms with Crippen LogP contribution < -0.4 is 11.3 Å². The molecule has 0 aliphatic rings. The summed E-state index contributed by atoms with van der Waals surface area (Å²) >= 11 is 6.14. The molecule has 0 unspecified atom stereocenters. The van der Waals surface area contributed by atoms with Gasteiger partial charge in [0.15, 0.2) is 0 Å². The first-order valence-electron chi connectivity index (χ1n) is 6.35. The van der Waals surface area contributed by atoms with E-state index in [1.165, 1.54) is 4.68 Å². The number of hydrogen-bond acceptors (Lipinski definition) is 2. The number of aromatic amines is 1. The van der Waals surface area contributed by atoms with E-state index in [1.807, 2.05) is 32.0 Å². The predicted octanol–water partition coefficient (Wildman–Crippen LogP) is 2.44. The molecule has 2 rings (SSSR count). The van der Waals surface area contributed by atoms with Crippen molar-refractivity contribution < 1.29 is 0 Å². The third kappa shape index (κ3) is 2.60. The van der Waals surface area contributed by atoms with E-state index in [4.69, 9.17) is 17.3 Å². The Morgan fingerprint density at radius 3 is 2.63 bits per heavy atom. The minimum absolute atomic E-state index is 0.0674. The van der Waals surface area contributed by atoms with Gasteiger partial charge in [0.25, 0.3) is 5.56 Å². The number of rotatable bonds is 4. The number of para-hydroxylation sites is 1. The van der Waals surface area contributed by atoms with Gasteiger partial charge in [-0.2, -0.15) is 0 Å². The van der Waals surface area contributed by atoms with Crippen molar-refractivity contribution in [3.8, 4) is 5.69 Å². The van der Waals surface area contributed by atoms with E-state index in [-0.39, 0.29) is 11.5 Å². The maximum Gasteiger partial charge on any atom is 0.274 e. The molecule has 0 atom stereocenters. The largest absolute Gasteiger partial charge is 0.330 e. The molecule has 0 aliphatic carbocycles. The highest BCUT2D eigenvalue weighted by Gasteiger charge is 2.17. The van der Waals surface area contributed by atoms with Crippen LogP contribution in [0.2, 0.25) is 5.02 Å². The number of nitrogens with one attached hydrogen (secondary N) is 1. The predicted molar refractivity (Wildman–Crippen MR) is 78.2 cm³/mol. The minimum atomic E-state index is -0.0674. The van der Waals surface area contributed by atoms with Crippen LogP contribution in [0.15, 0.2) is 29.1 Å². The monoisotopic (exact) mass is 279 g/mol. The van der Waals surface area contributed by atoms with E-state index in [9.17, 15) is 4.79 Å². The highest BCUT2D eigenvalue weighted by atomic mass is 35.5. The van der Waals surface area contributed by atoms with Crippen LogP contribution in [0, 0.1) is 0 Å². The zero-order valence-corrected chi connectivity index (χ0v) is 11.9. The van der Waals surface area contributed by atoms with Gasteiger partial charge in [-0.1, -0.05) is 37.6 Å². The van der Waals surface area contributed by atoms with Gasteiger partial charge >= 0.3 is 0 Å². The van der Waals surface area contributed by atoms with Gasteiger partial charge in [-0.05, 0) is 31.0 Å². The Hall–Kier alpha value is -1.52. The second-order valence-electron chi connectivity index (χ2n) is 4.79. The molecule has 2 aromatic rings. The number of nitrogens with two attached hydrogens (primary N) is 1. The number of aromatic nitrogens is 2. The zero-order valence-electron chi connectivity index (χ0n) is 11.1. The van der Waals surface area contributed by atoms with E-state index in [2.05, 4.69) is 5.10 Å². The number of nitrogens with zero attached hydrogens (tertiary/aromatic N) is 1. The summed E-state index contributed by atoms with van der Waals surface area (Å²) in [6.45, 7) is 4.54. The summed E-state index contributed by atoms with van der Waals surface area (Å²) < 4.78 is 1.50. The van der Waals surface area contributed by atoms with Crippen molar-refractivity contribution >= 4 is 11.6 Å². The number of benzene rings is 1. The summed E-state index contributed by atoms with van der Waals surface area (Å²) in [6, 6.07) is 7.27. The van der Waals surface area contributed by atoms with Crippen molar-refractivity contribution in [3.63, 3.8) is 0 Å². The smallest absolute Gasteiger partial charge is 0.274 e. The van der Waals surface area contributed by atoms with Crippen molar-refractivity contribution in [1.29, 1.82) is 0 Å². The molecule has 0 fully saturated rings. The molecular weight excluding hydrogens is 262 g/mol. The second kappa shape index (κ2) is 5.63. The SMILES string of the molecule is CC(C)c1[nH]n(-c2ccccc2Cl)c(=O)c1CCN. The summed E-state index contributed by atoms with van der Waals surface area (Å²) in [5.41, 5.74) is 7.86. The number of halogens is 1. The lowest BCUT2D eigenvalue weighted by atomic mass is 10.0. The van der Waals surface area contributed by atoms with Gasteiger partial charge in [0, 0.05) is 11.3 Å². The molecule has 0 aliphatic heterocycles. The van der Waals surface area contributed by atoms with Crippen LogP contribution in [0.5, 0.6) is 0 Å². The molecule has 19 heavy (non-hydrogen) atoms. The molecule has 1 heterocycles. The van der Waals surface area contributed by atoms with E-state index in [1.54, 1.807) is 6.07 Å². The van der Waals surface area contributed by atoms with Crippen LogP contribution in [0.4, 0.5) is 0 Å². The van der Waals surface area contributed by atoms with Gasteiger partial charge in [0.2, 0.25) is 0 Å². The summed E-state index contributed by atoms with van der Waals surface area (Å²) in [5, 5.41) is 3.70. The highest BCUT2D eigenvalue weighted by molar-refractivity contribution is 6.32. The Morgan fingerprint density at radius 2 is 2.05 bits per heavy atom. The average molecular weight is 280 g/mol. The van der Waals surface area contributed by atoms with Crippen LogP contribution in [-0.2, 0) is 6.42 Å². The van der Waals surface area contributed by atoms with Crippen LogP contribution >= 0.6 is 11.6 Å². The third-order valence-corrected chi connectivity index (χ3v) is 3.40. The molecule has 0 spiro atoms. The summed E-state index contributed by atoms with van der Waals surface area (Å²) in [7, 11) is 0. The summed E-state index contributed by atoms with van der Waals surface area (Å²) in [6.07, 6.45) is 0.570. The van der Waals surface area contributed by atoms with Crippen molar-refractivity contribution in [1.82, 2.24) is 9.78 Å². The van der Waals surface area contributed by atoms with Gasteiger partial charge in [0.05, 0.1) is 10.7 Å². The fourth-order valence-electron chi connectivity index (χ4n) is 2.16. The molecule has 0 bridgehead atoms. The van der Waals surface area contributed by atoms with E-state index in [0.717, 1.165) is 11.3 Å². The van der Waals surface area contributed by atoms with E-state index >= 15 is 0 Å². The molecule has 0 saturated heterocycles. The fraction of sp³-hybridized carbons (Fsp3) is 0.357. The van der Waals surface area contributed by atoms with Crippen molar-refractivity contribution in [2.45, 2.75) is 26.2 Å². The normalized spacial score (nSPS) is 11.2. The lowest BCUT2D eigenvalue weighted by Crippen LogP contribution is -2.19. The van der Waals surface area contributed by atoms with E-state index in [0.29, 0.717) is 23.7 Å². The molecule has 1 aromatic heterocycles. The molecule has 4 nitrogen and oxygen atoms in total. The second-order valence-corrected chi connectivity index (χ2v) is 5.20.